The molecule has 1 aromatic heterocycles. The van der Waals surface area contributed by atoms with Crippen LogP contribution in [-0.4, -0.2) is 23.0 Å². The second kappa shape index (κ2) is 3.74. The van der Waals surface area contributed by atoms with Gasteiger partial charge in [-0.2, -0.15) is 0 Å². The molecule has 4 nitrogen and oxygen atoms in total. The van der Waals surface area contributed by atoms with E-state index in [1.807, 2.05) is 0 Å². The molecular formula is C10H12N2O2. The Morgan fingerprint density at radius 2 is 2.14 bits per heavy atom. The van der Waals surface area contributed by atoms with Crippen molar-refractivity contribution < 1.29 is 9.53 Å². The van der Waals surface area contributed by atoms with Crippen molar-refractivity contribution in [1.82, 2.24) is 9.97 Å². The maximum atomic E-state index is 11.5. The molecule has 1 atom stereocenters. The van der Waals surface area contributed by atoms with E-state index in [4.69, 9.17) is 4.74 Å². The highest BCUT2D eigenvalue weighted by atomic mass is 16.5. The van der Waals surface area contributed by atoms with Crippen molar-refractivity contribution in [2.45, 2.75) is 18.8 Å². The van der Waals surface area contributed by atoms with Crippen molar-refractivity contribution in [2.75, 3.05) is 7.11 Å². The minimum absolute atomic E-state index is 0.166. The van der Waals surface area contributed by atoms with E-state index in [2.05, 4.69) is 9.97 Å². The molecule has 1 aromatic rings. The summed E-state index contributed by atoms with van der Waals surface area (Å²) >= 11 is 0. The number of aromatic nitrogens is 2. The SMILES string of the molecule is COC(=O)C(c1cncnc1)C1CC1. The largest absolute Gasteiger partial charge is 0.469 e. The summed E-state index contributed by atoms with van der Waals surface area (Å²) < 4.78 is 4.77. The third-order valence-electron chi connectivity index (χ3n) is 2.49. The predicted octanol–water partition coefficient (Wildman–Crippen LogP) is 1.14. The van der Waals surface area contributed by atoms with Crippen LogP contribution in [0.25, 0.3) is 0 Å². The number of esters is 1. The third-order valence-corrected chi connectivity index (χ3v) is 2.49. The van der Waals surface area contributed by atoms with Gasteiger partial charge >= 0.3 is 5.97 Å². The van der Waals surface area contributed by atoms with Gasteiger partial charge in [-0.15, -0.1) is 0 Å². The van der Waals surface area contributed by atoms with Crippen LogP contribution in [0.2, 0.25) is 0 Å². The number of ether oxygens (including phenoxy) is 1. The maximum absolute atomic E-state index is 11.5. The van der Waals surface area contributed by atoms with Crippen molar-refractivity contribution in [1.29, 1.82) is 0 Å². The molecule has 74 valence electrons. The Hall–Kier alpha value is -1.45. The second-order valence-electron chi connectivity index (χ2n) is 3.51. The number of carbonyl (C=O) groups is 1. The van der Waals surface area contributed by atoms with Crippen molar-refractivity contribution in [3.63, 3.8) is 0 Å². The fourth-order valence-corrected chi connectivity index (χ4v) is 1.63. The van der Waals surface area contributed by atoms with Crippen LogP contribution in [0.4, 0.5) is 0 Å². The molecule has 1 saturated carbocycles. The van der Waals surface area contributed by atoms with Crippen LogP contribution < -0.4 is 0 Å². The Kier molecular flexibility index (Phi) is 2.43. The number of methoxy groups -OCH3 is 1. The first-order chi connectivity index (χ1) is 6.83. The van der Waals surface area contributed by atoms with Crippen LogP contribution in [0.3, 0.4) is 0 Å². The first-order valence-corrected chi connectivity index (χ1v) is 4.65. The summed E-state index contributed by atoms with van der Waals surface area (Å²) in [5, 5.41) is 0. The molecule has 0 saturated heterocycles. The Morgan fingerprint density at radius 3 is 2.64 bits per heavy atom. The van der Waals surface area contributed by atoms with Crippen LogP contribution in [0.15, 0.2) is 18.7 Å². The molecule has 1 aliphatic rings. The third kappa shape index (κ3) is 1.73. The second-order valence-corrected chi connectivity index (χ2v) is 3.51. The van der Waals surface area contributed by atoms with Crippen molar-refractivity contribution >= 4 is 5.97 Å². The zero-order valence-corrected chi connectivity index (χ0v) is 8.01. The van der Waals surface area contributed by atoms with Gasteiger partial charge in [-0.3, -0.25) is 4.79 Å². The molecule has 2 rings (SSSR count). The average Bonchev–Trinajstić information content (AvgIpc) is 3.04. The van der Waals surface area contributed by atoms with E-state index in [0.29, 0.717) is 5.92 Å². The summed E-state index contributed by atoms with van der Waals surface area (Å²) in [6.45, 7) is 0. The molecule has 0 aliphatic heterocycles. The molecule has 1 unspecified atom stereocenters. The average molecular weight is 192 g/mol. The molecule has 1 aliphatic carbocycles. The van der Waals surface area contributed by atoms with Gasteiger partial charge in [0.15, 0.2) is 0 Å². The lowest BCUT2D eigenvalue weighted by Gasteiger charge is -2.12. The Morgan fingerprint density at radius 1 is 1.50 bits per heavy atom. The molecular weight excluding hydrogens is 180 g/mol. The maximum Gasteiger partial charge on any atom is 0.313 e. The molecule has 0 radical (unpaired) electrons. The van der Waals surface area contributed by atoms with Gasteiger partial charge in [-0.05, 0) is 18.8 Å². The minimum Gasteiger partial charge on any atom is -0.469 e. The quantitative estimate of drug-likeness (QED) is 0.674. The molecule has 0 N–H and O–H groups in total. The van der Waals surface area contributed by atoms with Gasteiger partial charge in [0.2, 0.25) is 0 Å². The zero-order valence-electron chi connectivity index (χ0n) is 8.01. The van der Waals surface area contributed by atoms with Crippen LogP contribution in [0.5, 0.6) is 0 Å². The van der Waals surface area contributed by atoms with Crippen LogP contribution in [0, 0.1) is 5.92 Å². The predicted molar refractivity (Wildman–Crippen MR) is 49.5 cm³/mol. The van der Waals surface area contributed by atoms with Gasteiger partial charge in [0, 0.05) is 18.0 Å². The highest BCUT2D eigenvalue weighted by Crippen LogP contribution is 2.42. The van der Waals surface area contributed by atoms with E-state index >= 15 is 0 Å². The summed E-state index contributed by atoms with van der Waals surface area (Å²) in [5.74, 6) is 0.0805. The number of hydrogen-bond acceptors (Lipinski definition) is 4. The lowest BCUT2D eigenvalue weighted by molar-refractivity contribution is -0.143. The first-order valence-electron chi connectivity index (χ1n) is 4.65. The molecule has 0 aromatic carbocycles. The normalized spacial score (nSPS) is 17.5. The van der Waals surface area contributed by atoms with Crippen LogP contribution in [0.1, 0.15) is 24.3 Å². The van der Waals surface area contributed by atoms with Gasteiger partial charge in [0.25, 0.3) is 0 Å². The number of carbonyl (C=O) groups excluding carboxylic acids is 1. The Balaban J connectivity index is 2.22. The van der Waals surface area contributed by atoms with Crippen LogP contribution in [-0.2, 0) is 9.53 Å². The fourth-order valence-electron chi connectivity index (χ4n) is 1.63. The Bertz CT molecular complexity index is 322. The van der Waals surface area contributed by atoms with Gasteiger partial charge < -0.3 is 4.74 Å². The number of nitrogens with zero attached hydrogens (tertiary/aromatic N) is 2. The molecule has 1 heterocycles. The van der Waals surface area contributed by atoms with E-state index in [-0.39, 0.29) is 11.9 Å². The monoisotopic (exact) mass is 192 g/mol. The molecule has 0 bridgehead atoms. The first kappa shape index (κ1) is 9.12. The van der Waals surface area contributed by atoms with Gasteiger partial charge in [-0.1, -0.05) is 0 Å². The smallest absolute Gasteiger partial charge is 0.313 e. The molecule has 0 amide bonds. The molecule has 1 fully saturated rings. The van der Waals surface area contributed by atoms with Crippen molar-refractivity contribution in [3.05, 3.63) is 24.3 Å². The lowest BCUT2D eigenvalue weighted by Crippen LogP contribution is -2.16. The summed E-state index contributed by atoms with van der Waals surface area (Å²) in [6, 6.07) is 0. The van der Waals surface area contributed by atoms with E-state index in [9.17, 15) is 4.79 Å². The standard InChI is InChI=1S/C10H12N2O2/c1-14-10(13)9(7-2-3-7)8-4-11-6-12-5-8/h4-7,9H,2-3H2,1H3. The molecule has 4 heteroatoms. The van der Waals surface area contributed by atoms with E-state index in [0.717, 1.165) is 18.4 Å². The van der Waals surface area contributed by atoms with E-state index in [1.165, 1.54) is 13.4 Å². The summed E-state index contributed by atoms with van der Waals surface area (Å²) in [4.78, 5) is 19.3. The summed E-state index contributed by atoms with van der Waals surface area (Å²) in [6.07, 6.45) is 7.02. The Labute approximate surface area is 82.3 Å². The van der Waals surface area contributed by atoms with Crippen molar-refractivity contribution in [3.8, 4) is 0 Å². The minimum atomic E-state index is -0.178. The number of rotatable bonds is 3. The highest BCUT2D eigenvalue weighted by molar-refractivity contribution is 5.78. The zero-order chi connectivity index (χ0) is 9.97. The summed E-state index contributed by atoms with van der Waals surface area (Å²) in [7, 11) is 1.42. The van der Waals surface area contributed by atoms with E-state index < -0.39 is 0 Å². The van der Waals surface area contributed by atoms with Crippen molar-refractivity contribution in [2.24, 2.45) is 5.92 Å². The topological polar surface area (TPSA) is 52.1 Å². The van der Waals surface area contributed by atoms with Gasteiger partial charge in [-0.25, -0.2) is 9.97 Å². The van der Waals surface area contributed by atoms with Gasteiger partial charge in [0.05, 0.1) is 13.0 Å². The molecule has 14 heavy (non-hydrogen) atoms. The number of hydrogen-bond donors (Lipinski definition) is 0. The fraction of sp³-hybridized carbons (Fsp3) is 0.500. The van der Waals surface area contributed by atoms with E-state index in [1.54, 1.807) is 12.4 Å². The van der Waals surface area contributed by atoms with Crippen LogP contribution >= 0.6 is 0 Å². The molecule has 0 spiro atoms. The lowest BCUT2D eigenvalue weighted by atomic mass is 9.97. The summed E-state index contributed by atoms with van der Waals surface area (Å²) in [5.41, 5.74) is 0.863. The highest BCUT2D eigenvalue weighted by Gasteiger charge is 2.38. The van der Waals surface area contributed by atoms with Gasteiger partial charge in [0.1, 0.15) is 6.33 Å².